The Balaban J connectivity index is 2.13. The summed E-state index contributed by atoms with van der Waals surface area (Å²) in [6, 6.07) is 11.3. The van der Waals surface area contributed by atoms with Crippen LogP contribution in [0, 0.1) is 5.82 Å². The van der Waals surface area contributed by atoms with E-state index in [0.717, 1.165) is 5.56 Å². The van der Waals surface area contributed by atoms with Crippen molar-refractivity contribution in [2.75, 3.05) is 0 Å². The van der Waals surface area contributed by atoms with Gasteiger partial charge in [0.25, 0.3) is 5.91 Å². The minimum absolute atomic E-state index is 0.215. The molecule has 0 heterocycles. The van der Waals surface area contributed by atoms with Gasteiger partial charge in [-0.05, 0) is 58.7 Å². The smallest absolute Gasteiger partial charge is 0.251 e. The lowest BCUT2D eigenvalue weighted by Gasteiger charge is -2.14. The van der Waals surface area contributed by atoms with E-state index in [1.165, 1.54) is 12.1 Å². The Labute approximate surface area is 130 Å². The van der Waals surface area contributed by atoms with Crippen LogP contribution in [0.4, 0.5) is 4.39 Å². The van der Waals surface area contributed by atoms with Crippen LogP contribution in [0.5, 0.6) is 0 Å². The number of carbonyl (C=O) groups is 1. The van der Waals surface area contributed by atoms with E-state index in [9.17, 15) is 9.18 Å². The summed E-state index contributed by atoms with van der Waals surface area (Å²) in [4.78, 5) is 12.1. The van der Waals surface area contributed by atoms with Crippen LogP contribution in [0.3, 0.4) is 0 Å². The molecular weight excluding hydrogens is 345 g/mol. The zero-order valence-corrected chi connectivity index (χ0v) is 13.0. The summed E-state index contributed by atoms with van der Waals surface area (Å²) >= 11 is 8.97. The molecule has 20 heavy (non-hydrogen) atoms. The summed E-state index contributed by atoms with van der Waals surface area (Å²) in [6.45, 7) is 1.85. The molecule has 1 N–H and O–H groups in total. The Bertz CT molecular complexity index is 648. The van der Waals surface area contributed by atoms with Crippen LogP contribution in [0.15, 0.2) is 46.9 Å². The van der Waals surface area contributed by atoms with E-state index in [1.807, 2.05) is 19.1 Å². The molecule has 0 spiro atoms. The van der Waals surface area contributed by atoms with E-state index < -0.39 is 5.82 Å². The number of halogens is 3. The van der Waals surface area contributed by atoms with Crippen molar-refractivity contribution in [1.82, 2.24) is 5.32 Å². The first kappa shape index (κ1) is 15.0. The van der Waals surface area contributed by atoms with Crippen molar-refractivity contribution in [3.63, 3.8) is 0 Å². The number of rotatable bonds is 3. The van der Waals surface area contributed by atoms with Gasteiger partial charge in [0, 0.05) is 10.6 Å². The fraction of sp³-hybridized carbons (Fsp3) is 0.133. The van der Waals surface area contributed by atoms with Crippen molar-refractivity contribution in [2.24, 2.45) is 0 Å². The van der Waals surface area contributed by atoms with E-state index in [1.54, 1.807) is 18.2 Å². The summed E-state index contributed by atoms with van der Waals surface area (Å²) < 4.78 is 13.7. The van der Waals surface area contributed by atoms with Crippen LogP contribution in [0.25, 0.3) is 0 Å². The average Bonchev–Trinajstić information content (AvgIpc) is 2.41. The second-order valence-electron chi connectivity index (χ2n) is 4.38. The normalized spacial score (nSPS) is 12.0. The number of amides is 1. The molecule has 1 unspecified atom stereocenters. The predicted octanol–water partition coefficient (Wildman–Crippen LogP) is 4.73. The van der Waals surface area contributed by atoms with Gasteiger partial charge in [-0.25, -0.2) is 4.39 Å². The van der Waals surface area contributed by atoms with Crippen LogP contribution < -0.4 is 5.32 Å². The zero-order valence-electron chi connectivity index (χ0n) is 10.7. The molecule has 5 heteroatoms. The third-order valence-electron chi connectivity index (χ3n) is 2.88. The summed E-state index contributed by atoms with van der Waals surface area (Å²) in [5.74, 6) is -0.795. The molecule has 1 atom stereocenters. The fourth-order valence-electron chi connectivity index (χ4n) is 1.78. The molecule has 2 aromatic carbocycles. The van der Waals surface area contributed by atoms with Gasteiger partial charge in [-0.15, -0.1) is 0 Å². The molecule has 2 nitrogen and oxygen atoms in total. The monoisotopic (exact) mass is 355 g/mol. The molecule has 2 rings (SSSR count). The molecule has 0 aliphatic rings. The lowest BCUT2D eigenvalue weighted by Crippen LogP contribution is -2.26. The van der Waals surface area contributed by atoms with Crippen LogP contribution >= 0.6 is 27.5 Å². The summed E-state index contributed by atoms with van der Waals surface area (Å²) in [5, 5.41) is 3.42. The predicted molar refractivity (Wildman–Crippen MR) is 81.4 cm³/mol. The molecule has 0 aliphatic carbocycles. The van der Waals surface area contributed by atoms with Crippen LogP contribution in [0.1, 0.15) is 28.9 Å². The van der Waals surface area contributed by atoms with E-state index in [-0.39, 0.29) is 17.5 Å². The first-order valence-electron chi connectivity index (χ1n) is 5.99. The second-order valence-corrected chi connectivity index (χ2v) is 5.67. The maximum absolute atomic E-state index is 13.4. The first-order chi connectivity index (χ1) is 9.47. The maximum atomic E-state index is 13.4. The molecule has 0 aromatic heterocycles. The standard InChI is InChI=1S/C15H12BrClFNO/c1-9(10-3-2-4-12(17)7-10)19-15(20)11-5-6-13(16)14(18)8-11/h2-9H,1H3,(H,19,20). The highest BCUT2D eigenvalue weighted by Crippen LogP contribution is 2.19. The Morgan fingerprint density at radius 1 is 1.30 bits per heavy atom. The topological polar surface area (TPSA) is 29.1 Å². The molecule has 1 amide bonds. The SMILES string of the molecule is CC(NC(=O)c1ccc(Br)c(F)c1)c1cccc(Cl)c1. The van der Waals surface area contributed by atoms with Gasteiger partial charge in [0.05, 0.1) is 10.5 Å². The average molecular weight is 357 g/mol. The van der Waals surface area contributed by atoms with Crippen LogP contribution in [-0.4, -0.2) is 5.91 Å². The van der Waals surface area contributed by atoms with Crippen LogP contribution in [0.2, 0.25) is 5.02 Å². The highest BCUT2D eigenvalue weighted by molar-refractivity contribution is 9.10. The number of benzene rings is 2. The molecule has 0 aliphatic heterocycles. The minimum atomic E-state index is -0.465. The van der Waals surface area contributed by atoms with Gasteiger partial charge < -0.3 is 5.32 Å². The molecule has 0 fully saturated rings. The van der Waals surface area contributed by atoms with E-state index in [0.29, 0.717) is 9.50 Å². The molecule has 0 saturated carbocycles. The highest BCUT2D eigenvalue weighted by atomic mass is 79.9. The Morgan fingerprint density at radius 2 is 2.05 bits per heavy atom. The van der Waals surface area contributed by atoms with E-state index in [4.69, 9.17) is 11.6 Å². The van der Waals surface area contributed by atoms with Crippen molar-refractivity contribution < 1.29 is 9.18 Å². The maximum Gasteiger partial charge on any atom is 0.251 e. The molecule has 2 aromatic rings. The minimum Gasteiger partial charge on any atom is -0.346 e. The molecule has 0 bridgehead atoms. The van der Waals surface area contributed by atoms with Crippen molar-refractivity contribution in [3.05, 3.63) is 68.9 Å². The third-order valence-corrected chi connectivity index (χ3v) is 3.76. The molecule has 0 radical (unpaired) electrons. The van der Waals surface area contributed by atoms with Gasteiger partial charge in [0.15, 0.2) is 0 Å². The third kappa shape index (κ3) is 3.58. The van der Waals surface area contributed by atoms with E-state index >= 15 is 0 Å². The van der Waals surface area contributed by atoms with Crippen molar-refractivity contribution >= 4 is 33.4 Å². The van der Waals surface area contributed by atoms with Gasteiger partial charge in [-0.3, -0.25) is 4.79 Å². The number of nitrogens with one attached hydrogen (secondary N) is 1. The fourth-order valence-corrected chi connectivity index (χ4v) is 2.22. The van der Waals surface area contributed by atoms with Gasteiger partial charge >= 0.3 is 0 Å². The van der Waals surface area contributed by atoms with E-state index in [2.05, 4.69) is 21.2 Å². The lowest BCUT2D eigenvalue weighted by atomic mass is 10.1. The molecule has 0 saturated heterocycles. The molecule has 104 valence electrons. The number of carbonyl (C=O) groups excluding carboxylic acids is 1. The van der Waals surface area contributed by atoms with Gasteiger partial charge in [-0.2, -0.15) is 0 Å². The molecular formula is C15H12BrClFNO. The summed E-state index contributed by atoms with van der Waals surface area (Å²) in [5.41, 5.74) is 1.17. The summed E-state index contributed by atoms with van der Waals surface area (Å²) in [6.07, 6.45) is 0. The van der Waals surface area contributed by atoms with Crippen molar-refractivity contribution in [3.8, 4) is 0 Å². The Hall–Kier alpha value is -1.39. The quantitative estimate of drug-likeness (QED) is 0.846. The first-order valence-corrected chi connectivity index (χ1v) is 7.16. The second kappa shape index (κ2) is 6.37. The lowest BCUT2D eigenvalue weighted by molar-refractivity contribution is 0.0939. The number of hydrogen-bond acceptors (Lipinski definition) is 1. The largest absolute Gasteiger partial charge is 0.346 e. The van der Waals surface area contributed by atoms with Crippen molar-refractivity contribution in [1.29, 1.82) is 0 Å². The van der Waals surface area contributed by atoms with Crippen LogP contribution in [-0.2, 0) is 0 Å². The Morgan fingerprint density at radius 3 is 2.70 bits per heavy atom. The van der Waals surface area contributed by atoms with Crippen molar-refractivity contribution in [2.45, 2.75) is 13.0 Å². The zero-order chi connectivity index (χ0) is 14.7. The van der Waals surface area contributed by atoms with Gasteiger partial charge in [-0.1, -0.05) is 23.7 Å². The highest BCUT2D eigenvalue weighted by Gasteiger charge is 2.13. The number of hydrogen-bond donors (Lipinski definition) is 1. The Kier molecular flexibility index (Phi) is 4.78. The summed E-state index contributed by atoms with van der Waals surface area (Å²) in [7, 11) is 0. The van der Waals surface area contributed by atoms with Gasteiger partial charge in [0.2, 0.25) is 0 Å². The van der Waals surface area contributed by atoms with Gasteiger partial charge in [0.1, 0.15) is 5.82 Å².